The number of anilines is 1. The molecule has 1 aromatic rings. The molecule has 5 nitrogen and oxygen atoms in total. The average molecular weight is 422 g/mol. The van der Waals surface area contributed by atoms with E-state index in [0.29, 0.717) is 22.6 Å². The molecule has 0 fully saturated rings. The highest BCUT2D eigenvalue weighted by Gasteiger charge is 2.53. The summed E-state index contributed by atoms with van der Waals surface area (Å²) in [7, 11) is 4.11. The van der Waals surface area contributed by atoms with Gasteiger partial charge < -0.3 is 10.2 Å². The van der Waals surface area contributed by atoms with Crippen molar-refractivity contribution in [1.82, 2.24) is 5.32 Å². The van der Waals surface area contributed by atoms with Crippen molar-refractivity contribution in [3.8, 4) is 0 Å². The van der Waals surface area contributed by atoms with Crippen LogP contribution in [0.15, 0.2) is 27.9 Å². The lowest BCUT2D eigenvalue weighted by Gasteiger charge is -2.47. The maximum atomic E-state index is 13.2. The van der Waals surface area contributed by atoms with Crippen molar-refractivity contribution in [1.29, 1.82) is 0 Å². The number of benzene rings is 1. The van der Waals surface area contributed by atoms with E-state index in [0.717, 1.165) is 16.8 Å². The van der Waals surface area contributed by atoms with Gasteiger partial charge in [-0.1, -0.05) is 27.7 Å². The second kappa shape index (κ2) is 7.18. The van der Waals surface area contributed by atoms with Gasteiger partial charge >= 0.3 is 0 Å². The van der Waals surface area contributed by atoms with Crippen molar-refractivity contribution in [2.75, 3.05) is 19.0 Å². The number of nitrogens with zero attached hydrogens (tertiary/aromatic N) is 2. The van der Waals surface area contributed by atoms with Crippen LogP contribution in [-0.4, -0.2) is 31.5 Å². The minimum absolute atomic E-state index is 0.0178. The Bertz CT molecular complexity index is 1080. The topological polar surface area (TPSA) is 61.8 Å². The average Bonchev–Trinajstić information content (AvgIpc) is 2.65. The molecule has 5 heteroatoms. The summed E-state index contributed by atoms with van der Waals surface area (Å²) in [5, 5.41) is 3.02. The van der Waals surface area contributed by atoms with Crippen molar-refractivity contribution in [2.45, 2.75) is 62.3 Å². The van der Waals surface area contributed by atoms with Gasteiger partial charge in [-0.3, -0.25) is 9.59 Å². The van der Waals surface area contributed by atoms with Crippen LogP contribution in [-0.2, 0) is 9.59 Å². The normalized spacial score (nSPS) is 21.1. The largest absolute Gasteiger partial charge is 0.377 e. The molecule has 0 saturated carbocycles. The van der Waals surface area contributed by atoms with Gasteiger partial charge in [0.25, 0.3) is 0 Å². The molecule has 1 aromatic carbocycles. The third kappa shape index (κ3) is 3.17. The Balaban J connectivity index is 2.33. The molecule has 0 bridgehead atoms. The Labute approximate surface area is 186 Å². The van der Waals surface area contributed by atoms with E-state index in [1.54, 1.807) is 6.08 Å². The number of carbonyl (C=O) groups is 2. The number of carbonyl (C=O) groups excluding carboxylic acids is 2. The third-order valence-electron chi connectivity index (χ3n) is 7.66. The van der Waals surface area contributed by atoms with Gasteiger partial charge in [-0.05, 0) is 68.5 Å². The van der Waals surface area contributed by atoms with Crippen LogP contribution in [0, 0.1) is 38.5 Å². The number of rotatable bonds is 2. The highest BCUT2D eigenvalue weighted by molar-refractivity contribution is 6.27. The van der Waals surface area contributed by atoms with Crippen LogP contribution in [0.3, 0.4) is 0 Å². The molecule has 2 aliphatic rings. The molecule has 1 amide bonds. The Morgan fingerprint density at radius 2 is 1.35 bits per heavy atom. The fourth-order valence-electron chi connectivity index (χ4n) is 4.69. The summed E-state index contributed by atoms with van der Waals surface area (Å²) in [5.74, 6) is -0.107. The van der Waals surface area contributed by atoms with E-state index in [9.17, 15) is 9.59 Å². The molecule has 0 saturated heterocycles. The van der Waals surface area contributed by atoms with Gasteiger partial charge in [-0.2, -0.15) is 0 Å². The van der Waals surface area contributed by atoms with Gasteiger partial charge in [0.05, 0.1) is 22.5 Å². The zero-order chi connectivity index (χ0) is 23.6. The van der Waals surface area contributed by atoms with Crippen molar-refractivity contribution in [2.24, 2.45) is 15.8 Å². The molecule has 166 valence electrons. The minimum atomic E-state index is -0.712. The maximum absolute atomic E-state index is 13.2. The third-order valence-corrected chi connectivity index (χ3v) is 7.66. The molecular weight excluding hydrogens is 386 g/mol. The standard InChI is InChI=1S/C26H35N3O2/c1-13-12-18(21-19(23(13)30)25(6,7)26(8,9)24(31)28-21)27-20-14(2)16(4)22(29(10)11)17(5)15(20)3/h12H,1-11H3,(H,28,31). The van der Waals surface area contributed by atoms with Gasteiger partial charge in [-0.25, -0.2) is 4.99 Å². The molecule has 0 unspecified atom stereocenters. The predicted octanol–water partition coefficient (Wildman–Crippen LogP) is 5.02. The molecule has 0 atom stereocenters. The number of ketones is 1. The quantitative estimate of drug-likeness (QED) is 0.682. The van der Waals surface area contributed by atoms with Crippen molar-refractivity contribution >= 4 is 28.8 Å². The van der Waals surface area contributed by atoms with E-state index >= 15 is 0 Å². The number of Topliss-reactive ketones (excluding diaryl/α,β-unsaturated/α-hetero) is 1. The van der Waals surface area contributed by atoms with E-state index in [-0.39, 0.29) is 11.7 Å². The Morgan fingerprint density at radius 1 is 0.839 bits per heavy atom. The Morgan fingerprint density at radius 3 is 1.84 bits per heavy atom. The van der Waals surface area contributed by atoms with Crippen molar-refractivity contribution < 1.29 is 9.59 Å². The van der Waals surface area contributed by atoms with Crippen LogP contribution >= 0.6 is 0 Å². The molecule has 0 spiro atoms. The second-order valence-electron chi connectivity index (χ2n) is 10.2. The first kappa shape index (κ1) is 23.0. The zero-order valence-electron chi connectivity index (χ0n) is 20.8. The first-order valence-electron chi connectivity index (χ1n) is 10.8. The number of hydrogen-bond acceptors (Lipinski definition) is 4. The highest BCUT2D eigenvalue weighted by atomic mass is 16.2. The lowest BCUT2D eigenvalue weighted by molar-refractivity contribution is -0.135. The van der Waals surface area contributed by atoms with Crippen molar-refractivity contribution in [3.05, 3.63) is 45.2 Å². The van der Waals surface area contributed by atoms with Crippen molar-refractivity contribution in [3.63, 3.8) is 0 Å². The molecule has 1 heterocycles. The number of aliphatic imine (C=N–C) groups is 1. The summed E-state index contributed by atoms with van der Waals surface area (Å²) in [6.07, 6.45) is 1.80. The van der Waals surface area contributed by atoms with Crippen LogP contribution in [0.4, 0.5) is 11.4 Å². The minimum Gasteiger partial charge on any atom is -0.377 e. The molecule has 0 aromatic heterocycles. The first-order valence-corrected chi connectivity index (χ1v) is 10.8. The fraction of sp³-hybridized carbons (Fsp3) is 0.500. The number of amides is 1. The molecule has 1 aliphatic carbocycles. The van der Waals surface area contributed by atoms with Gasteiger partial charge in [0.1, 0.15) is 0 Å². The summed E-state index contributed by atoms with van der Waals surface area (Å²) >= 11 is 0. The fourth-order valence-corrected chi connectivity index (χ4v) is 4.69. The molecule has 1 aliphatic heterocycles. The second-order valence-corrected chi connectivity index (χ2v) is 10.2. The predicted molar refractivity (Wildman–Crippen MR) is 128 cm³/mol. The Kier molecular flexibility index (Phi) is 5.32. The molecule has 3 rings (SSSR count). The lowest BCUT2D eigenvalue weighted by Crippen LogP contribution is -2.55. The maximum Gasteiger partial charge on any atom is 0.230 e. The zero-order valence-corrected chi connectivity index (χ0v) is 20.8. The van der Waals surface area contributed by atoms with Crippen LogP contribution < -0.4 is 10.2 Å². The van der Waals surface area contributed by atoms with Crippen LogP contribution in [0.5, 0.6) is 0 Å². The van der Waals surface area contributed by atoms with Crippen LogP contribution in [0.25, 0.3) is 0 Å². The van der Waals surface area contributed by atoms with Crippen LogP contribution in [0.2, 0.25) is 0 Å². The van der Waals surface area contributed by atoms with E-state index in [2.05, 4.69) is 52.0 Å². The Hall–Kier alpha value is -2.69. The summed E-state index contributed by atoms with van der Waals surface area (Å²) in [5.41, 5.74) is 7.83. The van der Waals surface area contributed by atoms with Gasteiger partial charge in [0, 0.05) is 30.8 Å². The van der Waals surface area contributed by atoms with E-state index in [1.165, 1.54) is 16.8 Å². The molecular formula is C26H35N3O2. The number of nitrogens with one attached hydrogen (secondary N) is 1. The smallest absolute Gasteiger partial charge is 0.230 e. The summed E-state index contributed by atoms with van der Waals surface area (Å²) < 4.78 is 0. The van der Waals surface area contributed by atoms with E-state index in [1.807, 2.05) is 34.6 Å². The van der Waals surface area contributed by atoms with Gasteiger partial charge in [0.15, 0.2) is 5.78 Å². The lowest BCUT2D eigenvalue weighted by atomic mass is 9.58. The number of allylic oxidation sites excluding steroid dienone is 3. The van der Waals surface area contributed by atoms with Crippen LogP contribution in [0.1, 0.15) is 56.9 Å². The van der Waals surface area contributed by atoms with Gasteiger partial charge in [-0.15, -0.1) is 0 Å². The SMILES string of the molecule is CC1=CC(=Nc2c(C)c(C)c(N(C)C)c(C)c2C)C2=C(C1=O)C(C)(C)C(C)(C)C(=O)N2. The van der Waals surface area contributed by atoms with Gasteiger partial charge in [0.2, 0.25) is 5.91 Å². The summed E-state index contributed by atoms with van der Waals surface area (Å²) in [6, 6.07) is 0. The molecule has 31 heavy (non-hydrogen) atoms. The van der Waals surface area contributed by atoms with E-state index in [4.69, 9.17) is 4.99 Å². The monoisotopic (exact) mass is 421 g/mol. The summed E-state index contributed by atoms with van der Waals surface area (Å²) in [6.45, 7) is 18.0. The number of hydrogen-bond donors (Lipinski definition) is 1. The highest BCUT2D eigenvalue weighted by Crippen LogP contribution is 2.50. The summed E-state index contributed by atoms with van der Waals surface area (Å²) in [4.78, 5) is 33.4. The first-order chi connectivity index (χ1) is 14.1. The molecule has 1 N–H and O–H groups in total. The molecule has 0 radical (unpaired) electrons. The van der Waals surface area contributed by atoms with E-state index < -0.39 is 10.8 Å².